The van der Waals surface area contributed by atoms with E-state index in [4.69, 9.17) is 23.2 Å². The molecule has 0 saturated heterocycles. The van der Waals surface area contributed by atoms with Crippen molar-refractivity contribution in [3.8, 4) is 0 Å². The summed E-state index contributed by atoms with van der Waals surface area (Å²) >= 11 is 14.3. The fourth-order valence-corrected chi connectivity index (χ4v) is 6.49. The van der Waals surface area contributed by atoms with Gasteiger partial charge in [-0.2, -0.15) is 0 Å². The van der Waals surface area contributed by atoms with Gasteiger partial charge in [-0.3, -0.25) is 9.59 Å². The van der Waals surface area contributed by atoms with E-state index in [1.807, 2.05) is 48.5 Å². The van der Waals surface area contributed by atoms with Gasteiger partial charge >= 0.3 is 0 Å². The van der Waals surface area contributed by atoms with Gasteiger partial charge in [0.15, 0.2) is 0 Å². The van der Waals surface area contributed by atoms with Gasteiger partial charge in [-0.25, -0.2) is 0 Å². The zero-order valence-electron chi connectivity index (χ0n) is 22.4. The number of amides is 2. The molecule has 4 nitrogen and oxygen atoms in total. The molecule has 3 aromatic rings. The van der Waals surface area contributed by atoms with E-state index in [1.54, 1.807) is 28.8 Å². The molecule has 206 valence electrons. The van der Waals surface area contributed by atoms with Gasteiger partial charge in [0.25, 0.3) is 0 Å². The van der Waals surface area contributed by atoms with Crippen molar-refractivity contribution in [3.05, 3.63) is 105 Å². The molecule has 7 heteroatoms. The van der Waals surface area contributed by atoms with Gasteiger partial charge in [0.2, 0.25) is 11.8 Å². The Labute approximate surface area is 246 Å². The quantitative estimate of drug-likeness (QED) is 0.253. The van der Waals surface area contributed by atoms with Crippen molar-refractivity contribution in [1.82, 2.24) is 10.2 Å². The van der Waals surface area contributed by atoms with Gasteiger partial charge in [0, 0.05) is 34.8 Å². The SMILES string of the molecule is Cc1ccccc1CSCC(=O)N(Cc1ccc(Cl)cc1Cl)[C@H](Cc1ccccc1)C(=O)NC1CCCCC1. The molecular formula is C32H36Cl2N2O2S. The third-order valence-electron chi connectivity index (χ3n) is 7.32. The summed E-state index contributed by atoms with van der Waals surface area (Å²) in [5.41, 5.74) is 4.19. The summed E-state index contributed by atoms with van der Waals surface area (Å²) in [5, 5.41) is 4.30. The molecule has 0 radical (unpaired) electrons. The Morgan fingerprint density at radius 3 is 2.38 bits per heavy atom. The third-order valence-corrected chi connectivity index (χ3v) is 8.88. The van der Waals surface area contributed by atoms with E-state index in [9.17, 15) is 9.59 Å². The van der Waals surface area contributed by atoms with Crippen LogP contribution < -0.4 is 5.32 Å². The zero-order chi connectivity index (χ0) is 27.6. The number of aryl methyl sites for hydroxylation is 1. The van der Waals surface area contributed by atoms with Crippen LogP contribution in [0.3, 0.4) is 0 Å². The summed E-state index contributed by atoms with van der Waals surface area (Å²) < 4.78 is 0. The van der Waals surface area contributed by atoms with E-state index in [1.165, 1.54) is 17.5 Å². The van der Waals surface area contributed by atoms with Crippen LogP contribution in [0.2, 0.25) is 10.0 Å². The lowest BCUT2D eigenvalue weighted by molar-refractivity contribution is -0.139. The largest absolute Gasteiger partial charge is 0.352 e. The van der Waals surface area contributed by atoms with Crippen molar-refractivity contribution >= 4 is 46.8 Å². The number of rotatable bonds is 11. The first-order chi connectivity index (χ1) is 18.9. The van der Waals surface area contributed by atoms with Crippen molar-refractivity contribution in [2.75, 3.05) is 5.75 Å². The van der Waals surface area contributed by atoms with Gasteiger partial charge in [-0.15, -0.1) is 11.8 Å². The number of benzene rings is 3. The molecule has 1 aliphatic carbocycles. The smallest absolute Gasteiger partial charge is 0.243 e. The highest BCUT2D eigenvalue weighted by Crippen LogP contribution is 2.26. The Balaban J connectivity index is 1.59. The molecule has 2 amide bonds. The Kier molecular flexibility index (Phi) is 11.2. The maximum Gasteiger partial charge on any atom is 0.243 e. The predicted octanol–water partition coefficient (Wildman–Crippen LogP) is 7.62. The summed E-state index contributed by atoms with van der Waals surface area (Å²) in [5.74, 6) is 0.806. The highest BCUT2D eigenvalue weighted by atomic mass is 35.5. The lowest BCUT2D eigenvalue weighted by Gasteiger charge is -2.33. The number of carbonyl (C=O) groups excluding carboxylic acids is 2. The fraction of sp³-hybridized carbons (Fsp3) is 0.375. The second-order valence-corrected chi connectivity index (χ2v) is 12.1. The van der Waals surface area contributed by atoms with Crippen LogP contribution in [0.5, 0.6) is 0 Å². The van der Waals surface area contributed by atoms with E-state index < -0.39 is 6.04 Å². The van der Waals surface area contributed by atoms with Crippen molar-refractivity contribution < 1.29 is 9.59 Å². The van der Waals surface area contributed by atoms with E-state index >= 15 is 0 Å². The lowest BCUT2D eigenvalue weighted by Crippen LogP contribution is -2.53. The molecule has 39 heavy (non-hydrogen) atoms. The molecule has 4 rings (SSSR count). The number of halogens is 2. The minimum Gasteiger partial charge on any atom is -0.352 e. The van der Waals surface area contributed by atoms with Crippen LogP contribution in [0.1, 0.15) is 54.4 Å². The highest BCUT2D eigenvalue weighted by molar-refractivity contribution is 7.99. The van der Waals surface area contributed by atoms with Gasteiger partial charge in [0.1, 0.15) is 6.04 Å². The molecule has 0 aliphatic heterocycles. The molecule has 1 saturated carbocycles. The predicted molar refractivity (Wildman–Crippen MR) is 163 cm³/mol. The van der Waals surface area contributed by atoms with E-state index in [0.717, 1.165) is 42.6 Å². The van der Waals surface area contributed by atoms with Gasteiger partial charge in [-0.1, -0.05) is 103 Å². The zero-order valence-corrected chi connectivity index (χ0v) is 24.7. The normalized spacial score (nSPS) is 14.5. The first-order valence-electron chi connectivity index (χ1n) is 13.6. The maximum absolute atomic E-state index is 13.9. The lowest BCUT2D eigenvalue weighted by atomic mass is 9.94. The van der Waals surface area contributed by atoms with Gasteiger partial charge < -0.3 is 10.2 Å². The number of nitrogens with zero attached hydrogens (tertiary/aromatic N) is 1. The topological polar surface area (TPSA) is 49.4 Å². The van der Waals surface area contributed by atoms with Gasteiger partial charge in [-0.05, 0) is 54.2 Å². The Bertz CT molecular complexity index is 1250. The summed E-state index contributed by atoms with van der Waals surface area (Å²) in [6, 6.07) is 22.9. The van der Waals surface area contributed by atoms with Crippen molar-refractivity contribution in [1.29, 1.82) is 0 Å². The van der Waals surface area contributed by atoms with E-state index in [2.05, 4.69) is 24.4 Å². The third kappa shape index (κ3) is 8.76. The van der Waals surface area contributed by atoms with E-state index in [0.29, 0.717) is 16.5 Å². The first-order valence-corrected chi connectivity index (χ1v) is 15.5. The summed E-state index contributed by atoms with van der Waals surface area (Å²) in [4.78, 5) is 29.5. The molecule has 1 fully saturated rings. The number of carbonyl (C=O) groups is 2. The van der Waals surface area contributed by atoms with Crippen LogP contribution >= 0.6 is 35.0 Å². The highest BCUT2D eigenvalue weighted by Gasteiger charge is 2.32. The van der Waals surface area contributed by atoms with Crippen molar-refractivity contribution in [2.45, 2.75) is 69.8 Å². The maximum atomic E-state index is 13.9. The van der Waals surface area contributed by atoms with Crippen LogP contribution in [0, 0.1) is 6.92 Å². The van der Waals surface area contributed by atoms with Crippen molar-refractivity contribution in [3.63, 3.8) is 0 Å². The summed E-state index contributed by atoms with van der Waals surface area (Å²) in [6.45, 7) is 2.31. The Morgan fingerprint density at radius 1 is 0.949 bits per heavy atom. The second kappa shape index (κ2) is 14.8. The molecule has 0 heterocycles. The van der Waals surface area contributed by atoms with Crippen LogP contribution in [-0.4, -0.2) is 34.6 Å². The molecule has 0 spiro atoms. The van der Waals surface area contributed by atoms with Crippen LogP contribution in [0.15, 0.2) is 72.8 Å². The number of hydrogen-bond donors (Lipinski definition) is 1. The molecule has 1 N–H and O–H groups in total. The summed E-state index contributed by atoms with van der Waals surface area (Å²) in [7, 11) is 0. The van der Waals surface area contributed by atoms with E-state index in [-0.39, 0.29) is 30.2 Å². The number of hydrogen-bond acceptors (Lipinski definition) is 3. The number of thioether (sulfide) groups is 1. The molecule has 1 atom stereocenters. The molecular weight excluding hydrogens is 547 g/mol. The molecule has 1 aliphatic rings. The fourth-order valence-electron chi connectivity index (χ4n) is 5.03. The van der Waals surface area contributed by atoms with Gasteiger partial charge in [0.05, 0.1) is 5.75 Å². The molecule has 0 aromatic heterocycles. The molecule has 3 aromatic carbocycles. The monoisotopic (exact) mass is 582 g/mol. The first kappa shape index (κ1) is 29.5. The van der Waals surface area contributed by atoms with Crippen LogP contribution in [-0.2, 0) is 28.3 Å². The second-order valence-electron chi connectivity index (χ2n) is 10.2. The standard InChI is InChI=1S/C32H36Cl2N2O2S/c1-23-10-8-9-13-26(23)21-39-22-31(37)36(20-25-16-17-27(33)19-29(25)34)30(18-24-11-4-2-5-12-24)32(38)35-28-14-6-3-7-15-28/h2,4-5,8-13,16-17,19,28,30H,3,6-7,14-15,18,20-22H2,1H3,(H,35,38)/t30-/m1/s1. The van der Waals surface area contributed by atoms with Crippen molar-refractivity contribution in [2.24, 2.45) is 0 Å². The number of nitrogens with one attached hydrogen (secondary N) is 1. The average molecular weight is 584 g/mol. The van der Waals surface area contributed by atoms with Crippen LogP contribution in [0.4, 0.5) is 0 Å². The van der Waals surface area contributed by atoms with Crippen LogP contribution in [0.25, 0.3) is 0 Å². The average Bonchev–Trinajstić information content (AvgIpc) is 2.94. The summed E-state index contributed by atoms with van der Waals surface area (Å²) in [6.07, 6.45) is 5.83. The Hall–Kier alpha value is -2.47. The molecule has 0 bridgehead atoms. The molecule has 0 unspecified atom stereocenters. The Morgan fingerprint density at radius 2 is 1.67 bits per heavy atom. The minimum absolute atomic E-state index is 0.0840. The minimum atomic E-state index is -0.660.